The molecule has 86 valence electrons. The second kappa shape index (κ2) is 8.25. The summed E-state index contributed by atoms with van der Waals surface area (Å²) in [7, 11) is 1.76. The summed E-state index contributed by atoms with van der Waals surface area (Å²) in [5.74, 6) is 0.515. The molecule has 0 aliphatic carbocycles. The number of methoxy groups -OCH3 is 1. The molecule has 0 radical (unpaired) electrons. The molecule has 0 bridgehead atoms. The van der Waals surface area contributed by atoms with Crippen molar-refractivity contribution in [2.45, 2.75) is 65.0 Å². The van der Waals surface area contributed by atoms with E-state index in [1.807, 2.05) is 0 Å². The Morgan fingerprint density at radius 2 is 1.79 bits per heavy atom. The van der Waals surface area contributed by atoms with Crippen molar-refractivity contribution < 1.29 is 4.74 Å². The summed E-state index contributed by atoms with van der Waals surface area (Å²) in [6.45, 7) is 6.56. The normalized spacial score (nSPS) is 15.9. The van der Waals surface area contributed by atoms with Gasteiger partial charge in [-0.3, -0.25) is 0 Å². The molecular formula is C12H27NO. The topological polar surface area (TPSA) is 35.2 Å². The van der Waals surface area contributed by atoms with Gasteiger partial charge in [0.1, 0.15) is 0 Å². The summed E-state index contributed by atoms with van der Waals surface area (Å²) in [5, 5.41) is 0. The van der Waals surface area contributed by atoms with E-state index < -0.39 is 0 Å². The summed E-state index contributed by atoms with van der Waals surface area (Å²) >= 11 is 0. The van der Waals surface area contributed by atoms with Gasteiger partial charge in [-0.25, -0.2) is 0 Å². The quantitative estimate of drug-likeness (QED) is 0.613. The van der Waals surface area contributed by atoms with Crippen LogP contribution < -0.4 is 5.73 Å². The molecule has 2 heteroatoms. The van der Waals surface area contributed by atoms with Gasteiger partial charge in [0.15, 0.2) is 0 Å². The monoisotopic (exact) mass is 201 g/mol. The zero-order valence-electron chi connectivity index (χ0n) is 10.3. The van der Waals surface area contributed by atoms with E-state index in [2.05, 4.69) is 20.8 Å². The molecule has 0 saturated carbocycles. The maximum atomic E-state index is 6.09. The average molecular weight is 201 g/mol. The van der Waals surface area contributed by atoms with Gasteiger partial charge in [0, 0.05) is 13.2 Å². The van der Waals surface area contributed by atoms with Crippen LogP contribution in [0, 0.1) is 5.92 Å². The van der Waals surface area contributed by atoms with Crippen molar-refractivity contribution >= 4 is 0 Å². The number of hydrogen-bond acceptors (Lipinski definition) is 2. The summed E-state index contributed by atoms with van der Waals surface area (Å²) in [6, 6.07) is 0.205. The molecule has 0 spiro atoms. The van der Waals surface area contributed by atoms with Crippen molar-refractivity contribution in [2.24, 2.45) is 11.7 Å². The lowest BCUT2D eigenvalue weighted by molar-refractivity contribution is 0.0412. The van der Waals surface area contributed by atoms with Crippen LogP contribution in [-0.2, 0) is 4.74 Å². The van der Waals surface area contributed by atoms with E-state index in [0.29, 0.717) is 5.92 Å². The van der Waals surface area contributed by atoms with E-state index in [0.717, 1.165) is 6.42 Å². The van der Waals surface area contributed by atoms with Crippen LogP contribution in [0.2, 0.25) is 0 Å². The van der Waals surface area contributed by atoms with E-state index in [-0.39, 0.29) is 12.1 Å². The molecule has 0 aliphatic rings. The Balaban J connectivity index is 3.64. The highest BCUT2D eigenvalue weighted by molar-refractivity contribution is 4.75. The molecule has 0 amide bonds. The Hall–Kier alpha value is -0.0800. The van der Waals surface area contributed by atoms with Crippen LogP contribution in [0.15, 0.2) is 0 Å². The van der Waals surface area contributed by atoms with Crippen LogP contribution in [0.5, 0.6) is 0 Å². The second-order valence-electron chi connectivity index (χ2n) is 4.46. The highest BCUT2D eigenvalue weighted by Gasteiger charge is 2.19. The lowest BCUT2D eigenvalue weighted by atomic mass is 9.95. The summed E-state index contributed by atoms with van der Waals surface area (Å²) in [4.78, 5) is 0. The predicted octanol–water partition coefficient (Wildman–Crippen LogP) is 2.96. The third kappa shape index (κ3) is 5.61. The van der Waals surface area contributed by atoms with E-state index >= 15 is 0 Å². The fraction of sp³-hybridized carbons (Fsp3) is 1.00. The largest absolute Gasteiger partial charge is 0.380 e. The molecule has 0 fully saturated rings. The summed E-state index contributed by atoms with van der Waals surface area (Å²) in [5.41, 5.74) is 6.09. The van der Waals surface area contributed by atoms with Gasteiger partial charge in [-0.2, -0.15) is 0 Å². The minimum Gasteiger partial charge on any atom is -0.380 e. The molecule has 0 aromatic carbocycles. The fourth-order valence-electron chi connectivity index (χ4n) is 1.91. The number of hydrogen-bond donors (Lipinski definition) is 1. The van der Waals surface area contributed by atoms with Crippen molar-refractivity contribution in [3.63, 3.8) is 0 Å². The minimum absolute atomic E-state index is 0.205. The van der Waals surface area contributed by atoms with Crippen molar-refractivity contribution in [1.29, 1.82) is 0 Å². The van der Waals surface area contributed by atoms with E-state index in [9.17, 15) is 0 Å². The van der Waals surface area contributed by atoms with Gasteiger partial charge in [-0.15, -0.1) is 0 Å². The number of nitrogens with two attached hydrogens (primary N) is 1. The molecule has 0 aromatic rings. The Bertz CT molecular complexity index is 125. The van der Waals surface area contributed by atoms with Crippen LogP contribution in [0.4, 0.5) is 0 Å². The molecule has 2 nitrogen and oxygen atoms in total. The van der Waals surface area contributed by atoms with Crippen molar-refractivity contribution in [3.8, 4) is 0 Å². The summed E-state index contributed by atoms with van der Waals surface area (Å²) in [6.07, 6.45) is 6.47. The Morgan fingerprint density at radius 3 is 2.21 bits per heavy atom. The van der Waals surface area contributed by atoms with Crippen molar-refractivity contribution in [3.05, 3.63) is 0 Å². The summed E-state index contributed by atoms with van der Waals surface area (Å²) < 4.78 is 5.41. The van der Waals surface area contributed by atoms with Gasteiger partial charge in [-0.05, 0) is 12.3 Å². The van der Waals surface area contributed by atoms with Crippen LogP contribution in [-0.4, -0.2) is 19.3 Å². The number of rotatable bonds is 8. The lowest BCUT2D eigenvalue weighted by Crippen LogP contribution is -2.39. The molecule has 0 heterocycles. The predicted molar refractivity (Wildman–Crippen MR) is 62.4 cm³/mol. The Morgan fingerprint density at radius 1 is 1.14 bits per heavy atom. The third-order valence-electron chi connectivity index (χ3n) is 2.74. The highest BCUT2D eigenvalue weighted by atomic mass is 16.5. The zero-order chi connectivity index (χ0) is 11.0. The number of unbranched alkanes of at least 4 members (excludes halogenated alkanes) is 3. The average Bonchev–Trinajstić information content (AvgIpc) is 2.13. The van der Waals surface area contributed by atoms with Gasteiger partial charge in [0.2, 0.25) is 0 Å². The van der Waals surface area contributed by atoms with E-state index in [1.54, 1.807) is 7.11 Å². The SMILES string of the molecule is CCCCCCC(N)C(OC)C(C)C. The molecule has 2 N–H and O–H groups in total. The lowest BCUT2D eigenvalue weighted by Gasteiger charge is -2.25. The second-order valence-corrected chi connectivity index (χ2v) is 4.46. The smallest absolute Gasteiger partial charge is 0.0744 e. The molecular weight excluding hydrogens is 174 g/mol. The van der Waals surface area contributed by atoms with Crippen LogP contribution >= 0.6 is 0 Å². The van der Waals surface area contributed by atoms with E-state index in [4.69, 9.17) is 10.5 Å². The first-order valence-electron chi connectivity index (χ1n) is 5.91. The third-order valence-corrected chi connectivity index (χ3v) is 2.74. The Kier molecular flexibility index (Phi) is 8.20. The first kappa shape index (κ1) is 13.9. The standard InChI is InChI=1S/C12H27NO/c1-5-6-7-8-9-11(13)12(14-4)10(2)3/h10-12H,5-9,13H2,1-4H3. The van der Waals surface area contributed by atoms with Crippen LogP contribution in [0.3, 0.4) is 0 Å². The van der Waals surface area contributed by atoms with Crippen LogP contribution in [0.25, 0.3) is 0 Å². The molecule has 2 atom stereocenters. The fourth-order valence-corrected chi connectivity index (χ4v) is 1.91. The molecule has 0 saturated heterocycles. The Labute approximate surface area is 89.2 Å². The maximum Gasteiger partial charge on any atom is 0.0744 e. The molecule has 0 rings (SSSR count). The van der Waals surface area contributed by atoms with Gasteiger partial charge < -0.3 is 10.5 Å². The van der Waals surface area contributed by atoms with Gasteiger partial charge in [0.25, 0.3) is 0 Å². The van der Waals surface area contributed by atoms with Crippen molar-refractivity contribution in [1.82, 2.24) is 0 Å². The highest BCUT2D eigenvalue weighted by Crippen LogP contribution is 2.14. The maximum absolute atomic E-state index is 6.09. The molecule has 0 aromatic heterocycles. The first-order valence-corrected chi connectivity index (χ1v) is 5.91. The van der Waals surface area contributed by atoms with Gasteiger partial charge >= 0.3 is 0 Å². The first-order chi connectivity index (χ1) is 6.63. The molecule has 2 unspecified atom stereocenters. The van der Waals surface area contributed by atoms with Crippen LogP contribution in [0.1, 0.15) is 52.9 Å². The minimum atomic E-state index is 0.205. The van der Waals surface area contributed by atoms with Gasteiger partial charge in [-0.1, -0.05) is 46.5 Å². The van der Waals surface area contributed by atoms with Crippen molar-refractivity contribution in [2.75, 3.05) is 7.11 Å². The van der Waals surface area contributed by atoms with E-state index in [1.165, 1.54) is 25.7 Å². The zero-order valence-corrected chi connectivity index (χ0v) is 10.3. The number of ether oxygens (including phenoxy) is 1. The molecule has 0 aliphatic heterocycles. The van der Waals surface area contributed by atoms with Gasteiger partial charge in [0.05, 0.1) is 6.10 Å². The molecule has 14 heavy (non-hydrogen) atoms.